The molecule has 3 rings (SSSR count). The summed E-state index contributed by atoms with van der Waals surface area (Å²) < 4.78 is 1.72. The minimum Gasteiger partial charge on any atom is -0.348 e. The summed E-state index contributed by atoms with van der Waals surface area (Å²) in [4.78, 5) is 12.3. The molecule has 1 N–H and O–H groups in total. The fourth-order valence-corrected chi connectivity index (χ4v) is 1.91. The molecule has 2 heterocycles. The van der Waals surface area contributed by atoms with E-state index in [-0.39, 0.29) is 6.04 Å². The number of rotatable bonds is 4. The Morgan fingerprint density at radius 3 is 2.50 bits per heavy atom. The zero-order valence-corrected chi connectivity index (χ0v) is 11.0. The molecule has 0 saturated heterocycles. The van der Waals surface area contributed by atoms with Gasteiger partial charge in [0.2, 0.25) is 5.95 Å². The number of nitrogens with one attached hydrogen (secondary N) is 1. The summed E-state index contributed by atoms with van der Waals surface area (Å²) in [6.07, 6.45) is 6.63. The molecule has 6 nitrogen and oxygen atoms in total. The van der Waals surface area contributed by atoms with Gasteiger partial charge in [0.1, 0.15) is 12.7 Å². The predicted octanol–water partition coefficient (Wildman–Crippen LogP) is 2.23. The summed E-state index contributed by atoms with van der Waals surface area (Å²) in [5.74, 6) is 0.625. The standard InChI is InChI=1S/C14H14N6/c1-11(19-14-16-7-2-8-17-14)12-3-5-13(6-4-12)20-10-15-9-18-20/h2-11H,1H3,(H,16,17,19)/t11-/m1/s1. The number of hydrogen-bond acceptors (Lipinski definition) is 5. The van der Waals surface area contributed by atoms with Gasteiger partial charge in [-0.25, -0.2) is 19.6 Å². The minimum absolute atomic E-state index is 0.127. The SMILES string of the molecule is C[C@@H](Nc1ncccn1)c1ccc(-n2cncn2)cc1. The van der Waals surface area contributed by atoms with Crippen LogP contribution in [0.1, 0.15) is 18.5 Å². The van der Waals surface area contributed by atoms with E-state index < -0.39 is 0 Å². The Labute approximate surface area is 116 Å². The lowest BCUT2D eigenvalue weighted by Gasteiger charge is -2.14. The maximum atomic E-state index is 4.16. The second kappa shape index (κ2) is 5.48. The molecule has 0 radical (unpaired) electrons. The van der Waals surface area contributed by atoms with Crippen molar-refractivity contribution >= 4 is 5.95 Å². The van der Waals surface area contributed by atoms with Gasteiger partial charge in [0.15, 0.2) is 0 Å². The van der Waals surface area contributed by atoms with E-state index in [1.54, 1.807) is 29.5 Å². The molecule has 0 unspecified atom stereocenters. The Morgan fingerprint density at radius 2 is 1.85 bits per heavy atom. The fraction of sp³-hybridized carbons (Fsp3) is 0.143. The molecule has 0 fully saturated rings. The Kier molecular flexibility index (Phi) is 3.36. The third kappa shape index (κ3) is 2.64. The molecule has 0 saturated carbocycles. The normalized spacial score (nSPS) is 12.1. The number of nitrogens with zero attached hydrogens (tertiary/aromatic N) is 5. The van der Waals surface area contributed by atoms with Gasteiger partial charge in [-0.15, -0.1) is 0 Å². The third-order valence-corrected chi connectivity index (χ3v) is 2.99. The molecule has 3 aromatic rings. The Bertz CT molecular complexity index is 648. The van der Waals surface area contributed by atoms with Gasteiger partial charge in [-0.3, -0.25) is 0 Å². The summed E-state index contributed by atoms with van der Waals surface area (Å²) in [5.41, 5.74) is 2.13. The fourth-order valence-electron chi connectivity index (χ4n) is 1.91. The highest BCUT2D eigenvalue weighted by atomic mass is 15.3. The number of anilines is 1. The first-order chi connectivity index (χ1) is 9.83. The molecule has 0 aliphatic rings. The molecule has 2 aromatic heterocycles. The lowest BCUT2D eigenvalue weighted by molar-refractivity contribution is 0.850. The molecule has 0 aliphatic carbocycles. The van der Waals surface area contributed by atoms with Crippen LogP contribution in [-0.2, 0) is 0 Å². The average molecular weight is 266 g/mol. The van der Waals surface area contributed by atoms with Crippen LogP contribution in [0.15, 0.2) is 55.4 Å². The Morgan fingerprint density at radius 1 is 1.10 bits per heavy atom. The molecule has 0 bridgehead atoms. The van der Waals surface area contributed by atoms with Crippen LogP contribution in [-0.4, -0.2) is 24.7 Å². The van der Waals surface area contributed by atoms with Crippen molar-refractivity contribution < 1.29 is 0 Å². The van der Waals surface area contributed by atoms with Crippen LogP contribution in [0.4, 0.5) is 5.95 Å². The van der Waals surface area contributed by atoms with Crippen molar-refractivity contribution in [3.05, 3.63) is 60.9 Å². The summed E-state index contributed by atoms with van der Waals surface area (Å²) in [6, 6.07) is 10.0. The lowest BCUT2D eigenvalue weighted by atomic mass is 10.1. The lowest BCUT2D eigenvalue weighted by Crippen LogP contribution is -2.09. The smallest absolute Gasteiger partial charge is 0.223 e. The first kappa shape index (κ1) is 12.3. The summed E-state index contributed by atoms with van der Waals surface area (Å²) in [6.45, 7) is 2.07. The van der Waals surface area contributed by atoms with E-state index in [2.05, 4.69) is 44.4 Å². The van der Waals surface area contributed by atoms with Crippen molar-refractivity contribution in [2.75, 3.05) is 5.32 Å². The van der Waals surface area contributed by atoms with Crippen LogP contribution in [0, 0.1) is 0 Å². The van der Waals surface area contributed by atoms with Gasteiger partial charge < -0.3 is 5.32 Å². The maximum Gasteiger partial charge on any atom is 0.223 e. The van der Waals surface area contributed by atoms with Gasteiger partial charge >= 0.3 is 0 Å². The molecule has 0 spiro atoms. The molecular weight excluding hydrogens is 252 g/mol. The van der Waals surface area contributed by atoms with Crippen LogP contribution in [0.3, 0.4) is 0 Å². The molecule has 100 valence electrons. The quantitative estimate of drug-likeness (QED) is 0.784. The van der Waals surface area contributed by atoms with Gasteiger partial charge in [-0.05, 0) is 30.7 Å². The minimum atomic E-state index is 0.127. The van der Waals surface area contributed by atoms with E-state index in [1.165, 1.54) is 6.33 Å². The van der Waals surface area contributed by atoms with Crippen molar-refractivity contribution in [2.24, 2.45) is 0 Å². The van der Waals surface area contributed by atoms with E-state index in [0.29, 0.717) is 5.95 Å². The Balaban J connectivity index is 1.74. The van der Waals surface area contributed by atoms with Gasteiger partial charge in [0, 0.05) is 12.4 Å². The summed E-state index contributed by atoms with van der Waals surface area (Å²) in [7, 11) is 0. The molecular formula is C14H14N6. The zero-order chi connectivity index (χ0) is 13.8. The van der Waals surface area contributed by atoms with Crippen molar-refractivity contribution in [1.82, 2.24) is 24.7 Å². The number of benzene rings is 1. The molecule has 0 amide bonds. The van der Waals surface area contributed by atoms with Crippen molar-refractivity contribution in [3.8, 4) is 5.69 Å². The largest absolute Gasteiger partial charge is 0.348 e. The van der Waals surface area contributed by atoms with Crippen molar-refractivity contribution in [2.45, 2.75) is 13.0 Å². The van der Waals surface area contributed by atoms with Crippen LogP contribution < -0.4 is 5.32 Å². The summed E-state index contributed by atoms with van der Waals surface area (Å²) >= 11 is 0. The van der Waals surface area contributed by atoms with Gasteiger partial charge in [0.05, 0.1) is 11.7 Å². The zero-order valence-electron chi connectivity index (χ0n) is 11.0. The second-order valence-corrected chi connectivity index (χ2v) is 4.37. The van der Waals surface area contributed by atoms with E-state index >= 15 is 0 Å². The highest BCUT2D eigenvalue weighted by Gasteiger charge is 2.07. The monoisotopic (exact) mass is 266 g/mol. The second-order valence-electron chi connectivity index (χ2n) is 4.37. The number of aromatic nitrogens is 5. The highest BCUT2D eigenvalue weighted by molar-refractivity contribution is 5.37. The summed E-state index contributed by atoms with van der Waals surface area (Å²) in [5, 5.41) is 7.35. The Hall–Kier alpha value is -2.76. The van der Waals surface area contributed by atoms with E-state index in [0.717, 1.165) is 11.3 Å². The first-order valence-corrected chi connectivity index (χ1v) is 6.31. The average Bonchev–Trinajstić information content (AvgIpc) is 3.03. The van der Waals surface area contributed by atoms with Crippen LogP contribution in [0.5, 0.6) is 0 Å². The topological polar surface area (TPSA) is 68.5 Å². The van der Waals surface area contributed by atoms with E-state index in [1.807, 2.05) is 12.1 Å². The predicted molar refractivity (Wildman–Crippen MR) is 75.4 cm³/mol. The first-order valence-electron chi connectivity index (χ1n) is 6.31. The van der Waals surface area contributed by atoms with Crippen LogP contribution >= 0.6 is 0 Å². The van der Waals surface area contributed by atoms with E-state index in [4.69, 9.17) is 0 Å². The third-order valence-electron chi connectivity index (χ3n) is 2.99. The molecule has 1 aromatic carbocycles. The van der Waals surface area contributed by atoms with Crippen LogP contribution in [0.2, 0.25) is 0 Å². The van der Waals surface area contributed by atoms with Crippen molar-refractivity contribution in [1.29, 1.82) is 0 Å². The van der Waals surface area contributed by atoms with Gasteiger partial charge in [0.25, 0.3) is 0 Å². The van der Waals surface area contributed by atoms with Gasteiger partial charge in [-0.2, -0.15) is 5.10 Å². The molecule has 6 heteroatoms. The van der Waals surface area contributed by atoms with E-state index in [9.17, 15) is 0 Å². The molecule has 20 heavy (non-hydrogen) atoms. The molecule has 0 aliphatic heterocycles. The van der Waals surface area contributed by atoms with Crippen LogP contribution in [0.25, 0.3) is 5.69 Å². The maximum absolute atomic E-state index is 4.16. The van der Waals surface area contributed by atoms with Crippen molar-refractivity contribution in [3.63, 3.8) is 0 Å². The number of hydrogen-bond donors (Lipinski definition) is 1. The molecule has 1 atom stereocenters. The highest BCUT2D eigenvalue weighted by Crippen LogP contribution is 2.18. The van der Waals surface area contributed by atoms with Gasteiger partial charge in [-0.1, -0.05) is 12.1 Å².